The van der Waals surface area contributed by atoms with Gasteiger partial charge >= 0.3 is 5.97 Å². The largest absolute Gasteiger partial charge is 0.466 e. The first-order chi connectivity index (χ1) is 37.5. The number of carbonyl (C=O) groups is 2. The second kappa shape index (κ2) is 65.6. The van der Waals surface area contributed by atoms with Crippen LogP contribution in [0.15, 0.2) is 36.5 Å². The number of aliphatic hydroxyl groups is 2. The van der Waals surface area contributed by atoms with E-state index in [4.69, 9.17) is 4.74 Å². The summed E-state index contributed by atoms with van der Waals surface area (Å²) in [5, 5.41) is 23.4. The van der Waals surface area contributed by atoms with Gasteiger partial charge in [0.2, 0.25) is 5.91 Å². The van der Waals surface area contributed by atoms with E-state index in [1.165, 1.54) is 289 Å². The maximum atomic E-state index is 12.5. The van der Waals surface area contributed by atoms with Crippen LogP contribution >= 0.6 is 0 Å². The maximum absolute atomic E-state index is 12.5. The van der Waals surface area contributed by atoms with E-state index in [1.54, 1.807) is 0 Å². The van der Waals surface area contributed by atoms with E-state index in [0.29, 0.717) is 25.9 Å². The third-order valence-electron chi connectivity index (χ3n) is 15.9. The molecule has 448 valence electrons. The van der Waals surface area contributed by atoms with Crippen molar-refractivity contribution in [2.75, 3.05) is 13.2 Å². The first-order valence-corrected chi connectivity index (χ1v) is 34.2. The van der Waals surface area contributed by atoms with Crippen molar-refractivity contribution >= 4 is 11.9 Å². The number of amides is 1. The summed E-state index contributed by atoms with van der Waals surface area (Å²) in [7, 11) is 0. The van der Waals surface area contributed by atoms with E-state index < -0.39 is 12.1 Å². The van der Waals surface area contributed by atoms with Crippen molar-refractivity contribution in [2.45, 2.75) is 386 Å². The highest BCUT2D eigenvalue weighted by molar-refractivity contribution is 5.76. The number of rotatable bonds is 64. The number of unbranched alkanes of at least 4 members (excludes halogenated alkanes) is 47. The number of carbonyl (C=O) groups excluding carboxylic acids is 2. The van der Waals surface area contributed by atoms with Crippen molar-refractivity contribution in [2.24, 2.45) is 0 Å². The molecule has 0 heterocycles. The molecule has 0 radical (unpaired) electrons. The van der Waals surface area contributed by atoms with E-state index in [2.05, 4.69) is 55.6 Å². The highest BCUT2D eigenvalue weighted by Gasteiger charge is 2.20. The van der Waals surface area contributed by atoms with Gasteiger partial charge in [0.25, 0.3) is 0 Å². The van der Waals surface area contributed by atoms with Crippen molar-refractivity contribution in [1.82, 2.24) is 5.32 Å². The van der Waals surface area contributed by atoms with Gasteiger partial charge in [0.1, 0.15) is 0 Å². The second-order valence-electron chi connectivity index (χ2n) is 23.5. The SMILES string of the molecule is CCCCC/C=C\C/C=C\CCCCCCCCCC(=O)OCCCCCCCCCC/C=C\CCCCCCCCCC(=O)NC(CO)C(O)CCCCCCCCCCCCCCCCCCCCCCCCC. The van der Waals surface area contributed by atoms with Crippen LogP contribution in [0, 0.1) is 0 Å². The number of ether oxygens (including phenoxy) is 1. The Labute approximate surface area is 474 Å². The van der Waals surface area contributed by atoms with Gasteiger partial charge in [0.05, 0.1) is 25.4 Å². The number of hydrogen-bond acceptors (Lipinski definition) is 5. The number of hydrogen-bond donors (Lipinski definition) is 3. The molecule has 6 heteroatoms. The topological polar surface area (TPSA) is 95.9 Å². The highest BCUT2D eigenvalue weighted by Crippen LogP contribution is 2.18. The molecular formula is C70H133NO5. The average Bonchev–Trinajstić information content (AvgIpc) is 3.42. The minimum absolute atomic E-state index is 0.00309. The Morgan fingerprint density at radius 2 is 0.658 bits per heavy atom. The van der Waals surface area contributed by atoms with E-state index in [1.807, 2.05) is 0 Å². The van der Waals surface area contributed by atoms with Crippen LogP contribution in [-0.4, -0.2) is 47.4 Å². The minimum Gasteiger partial charge on any atom is -0.466 e. The maximum Gasteiger partial charge on any atom is 0.305 e. The summed E-state index contributed by atoms with van der Waals surface area (Å²) in [4.78, 5) is 24.6. The van der Waals surface area contributed by atoms with Gasteiger partial charge in [0.15, 0.2) is 0 Å². The molecule has 0 aliphatic heterocycles. The Kier molecular flexibility index (Phi) is 63.9. The first kappa shape index (κ1) is 74.1. The third kappa shape index (κ3) is 61.3. The molecular weight excluding hydrogens is 935 g/mol. The molecule has 1 amide bonds. The summed E-state index contributed by atoms with van der Waals surface area (Å²) < 4.78 is 5.49. The zero-order valence-electron chi connectivity index (χ0n) is 51.3. The lowest BCUT2D eigenvalue weighted by molar-refractivity contribution is -0.143. The Morgan fingerprint density at radius 1 is 0.368 bits per heavy atom. The van der Waals surface area contributed by atoms with Gasteiger partial charge in [-0.25, -0.2) is 0 Å². The highest BCUT2D eigenvalue weighted by atomic mass is 16.5. The Bertz CT molecular complexity index is 1230. The number of nitrogens with one attached hydrogen (secondary N) is 1. The van der Waals surface area contributed by atoms with Gasteiger partial charge in [0, 0.05) is 12.8 Å². The molecule has 0 rings (SSSR count). The van der Waals surface area contributed by atoms with Crippen LogP contribution in [0.3, 0.4) is 0 Å². The van der Waals surface area contributed by atoms with Crippen molar-refractivity contribution in [3.63, 3.8) is 0 Å². The fourth-order valence-corrected chi connectivity index (χ4v) is 10.7. The van der Waals surface area contributed by atoms with Gasteiger partial charge in [-0.2, -0.15) is 0 Å². The van der Waals surface area contributed by atoms with Gasteiger partial charge in [-0.3, -0.25) is 9.59 Å². The van der Waals surface area contributed by atoms with Gasteiger partial charge in [-0.15, -0.1) is 0 Å². The predicted octanol–water partition coefficient (Wildman–Crippen LogP) is 21.9. The van der Waals surface area contributed by atoms with Gasteiger partial charge in [-0.05, 0) is 83.5 Å². The molecule has 6 nitrogen and oxygen atoms in total. The van der Waals surface area contributed by atoms with Gasteiger partial charge < -0.3 is 20.3 Å². The van der Waals surface area contributed by atoms with Crippen molar-refractivity contribution in [3.05, 3.63) is 36.5 Å². The van der Waals surface area contributed by atoms with Crippen LogP contribution in [0.2, 0.25) is 0 Å². The van der Waals surface area contributed by atoms with Crippen molar-refractivity contribution in [3.8, 4) is 0 Å². The van der Waals surface area contributed by atoms with E-state index >= 15 is 0 Å². The molecule has 2 unspecified atom stereocenters. The smallest absolute Gasteiger partial charge is 0.305 e. The molecule has 0 saturated heterocycles. The quantitative estimate of drug-likeness (QED) is 0.0320. The summed E-state index contributed by atoms with van der Waals surface area (Å²) in [5.41, 5.74) is 0. The van der Waals surface area contributed by atoms with Crippen LogP contribution < -0.4 is 5.32 Å². The van der Waals surface area contributed by atoms with E-state index in [9.17, 15) is 19.8 Å². The lowest BCUT2D eigenvalue weighted by Gasteiger charge is -2.22. The minimum atomic E-state index is -0.673. The summed E-state index contributed by atoms with van der Waals surface area (Å²) in [6.07, 6.45) is 83.1. The van der Waals surface area contributed by atoms with E-state index in [0.717, 1.165) is 51.4 Å². The molecule has 0 aromatic heterocycles. The zero-order valence-corrected chi connectivity index (χ0v) is 51.3. The Balaban J connectivity index is 3.43. The lowest BCUT2D eigenvalue weighted by atomic mass is 10.0. The average molecular weight is 1070 g/mol. The normalized spacial score (nSPS) is 12.7. The fraction of sp³-hybridized carbons (Fsp3) is 0.886. The number of esters is 1. The zero-order chi connectivity index (χ0) is 55.0. The molecule has 0 aliphatic carbocycles. The standard InChI is InChI=1S/C70H133NO5/c1-3-5-7-9-11-13-15-17-19-21-22-23-24-25-27-31-34-38-42-46-50-54-58-62-68(73)67(66-72)71-69(74)63-59-55-51-47-43-39-35-32-28-26-29-33-37-41-45-49-53-57-61-65-76-70(75)64-60-56-52-48-44-40-36-30-20-18-16-14-12-10-8-6-4-2/h12,14,18,20,26,28,67-68,72-73H,3-11,13,15-17,19,21-25,27,29-66H2,1-2H3,(H,71,74)/b14-12-,20-18-,28-26-. The van der Waals surface area contributed by atoms with Crippen LogP contribution in [-0.2, 0) is 14.3 Å². The van der Waals surface area contributed by atoms with Crippen molar-refractivity contribution in [1.29, 1.82) is 0 Å². The molecule has 76 heavy (non-hydrogen) atoms. The molecule has 0 bridgehead atoms. The molecule has 0 spiro atoms. The summed E-state index contributed by atoms with van der Waals surface area (Å²) in [5.74, 6) is -0.0442. The predicted molar refractivity (Wildman–Crippen MR) is 333 cm³/mol. The fourth-order valence-electron chi connectivity index (χ4n) is 10.7. The molecule has 0 aliphatic rings. The molecule has 0 saturated carbocycles. The Hall–Kier alpha value is -1.92. The number of allylic oxidation sites excluding steroid dienone is 6. The molecule has 3 N–H and O–H groups in total. The number of aliphatic hydroxyl groups excluding tert-OH is 2. The van der Waals surface area contributed by atoms with Crippen LogP contribution in [0.25, 0.3) is 0 Å². The summed E-state index contributed by atoms with van der Waals surface area (Å²) in [6, 6.07) is -0.551. The molecule has 2 atom stereocenters. The molecule has 0 fully saturated rings. The molecule has 0 aromatic carbocycles. The molecule has 0 aromatic rings. The van der Waals surface area contributed by atoms with E-state index in [-0.39, 0.29) is 18.5 Å². The van der Waals surface area contributed by atoms with Crippen LogP contribution in [0.5, 0.6) is 0 Å². The van der Waals surface area contributed by atoms with Crippen LogP contribution in [0.1, 0.15) is 373 Å². The monoisotopic (exact) mass is 1070 g/mol. The Morgan fingerprint density at radius 3 is 1.04 bits per heavy atom. The second-order valence-corrected chi connectivity index (χ2v) is 23.5. The van der Waals surface area contributed by atoms with Crippen molar-refractivity contribution < 1.29 is 24.5 Å². The third-order valence-corrected chi connectivity index (χ3v) is 15.9. The summed E-state index contributed by atoms with van der Waals surface area (Å²) in [6.45, 7) is 4.94. The lowest BCUT2D eigenvalue weighted by Crippen LogP contribution is -2.45. The van der Waals surface area contributed by atoms with Gasteiger partial charge in [-0.1, -0.05) is 314 Å². The summed E-state index contributed by atoms with van der Waals surface area (Å²) >= 11 is 0. The first-order valence-electron chi connectivity index (χ1n) is 34.2. The van der Waals surface area contributed by atoms with Crippen LogP contribution in [0.4, 0.5) is 0 Å².